The number of thioether (sulfide) groups is 1. The van der Waals surface area contributed by atoms with Crippen molar-refractivity contribution in [1.29, 1.82) is 0 Å². The van der Waals surface area contributed by atoms with Crippen LogP contribution in [0.4, 0.5) is 0 Å². The zero-order valence-corrected chi connectivity index (χ0v) is 16.3. The molecule has 0 bridgehead atoms. The summed E-state index contributed by atoms with van der Waals surface area (Å²) in [7, 11) is 0. The molecule has 1 atom stereocenters. The molecule has 0 saturated heterocycles. The number of carbonyl (C=O) groups is 2. The van der Waals surface area contributed by atoms with Crippen molar-refractivity contribution in [2.45, 2.75) is 72.8 Å². The van der Waals surface area contributed by atoms with Gasteiger partial charge < -0.3 is 4.74 Å². The van der Waals surface area contributed by atoms with Crippen LogP contribution in [0.25, 0.3) is 0 Å². The minimum absolute atomic E-state index is 0.121. The lowest BCUT2D eigenvalue weighted by Gasteiger charge is -2.24. The smallest absolute Gasteiger partial charge is 0.303 e. The second-order valence-electron chi connectivity index (χ2n) is 6.63. The topological polar surface area (TPSA) is 43.4 Å². The summed E-state index contributed by atoms with van der Waals surface area (Å²) in [6.07, 6.45) is 9.86. The Morgan fingerprint density at radius 1 is 1.26 bits per heavy atom. The van der Waals surface area contributed by atoms with Gasteiger partial charge in [-0.3, -0.25) is 9.59 Å². The average Bonchev–Trinajstić information content (AvgIpc) is 2.36. The molecule has 0 spiro atoms. The van der Waals surface area contributed by atoms with Crippen molar-refractivity contribution >= 4 is 22.8 Å². The number of esters is 1. The van der Waals surface area contributed by atoms with Gasteiger partial charge in [-0.1, -0.05) is 44.2 Å². The van der Waals surface area contributed by atoms with Crippen LogP contribution >= 0.6 is 11.8 Å². The van der Waals surface area contributed by atoms with Gasteiger partial charge in [0.2, 0.25) is 5.12 Å². The first kappa shape index (κ1) is 22.0. The molecule has 0 aromatic carbocycles. The highest BCUT2D eigenvalue weighted by atomic mass is 32.2. The second kappa shape index (κ2) is 11.5. The number of carbonyl (C=O) groups excluding carboxylic acids is 2. The lowest BCUT2D eigenvalue weighted by atomic mass is 9.94. The predicted octanol–water partition coefficient (Wildman–Crippen LogP) is 5.31. The van der Waals surface area contributed by atoms with Crippen LogP contribution in [-0.2, 0) is 14.3 Å². The fourth-order valence-corrected chi connectivity index (χ4v) is 2.89. The zero-order chi connectivity index (χ0) is 17.9. The number of rotatable bonds is 10. The maximum Gasteiger partial charge on any atom is 0.303 e. The van der Waals surface area contributed by atoms with E-state index in [9.17, 15) is 9.59 Å². The molecule has 0 rings (SSSR count). The molecule has 0 aliphatic rings. The maximum atomic E-state index is 11.5. The predicted molar refractivity (Wildman–Crippen MR) is 99.5 cm³/mol. The van der Waals surface area contributed by atoms with Crippen molar-refractivity contribution in [2.24, 2.45) is 5.92 Å². The molecule has 0 saturated carbocycles. The van der Waals surface area contributed by atoms with Gasteiger partial charge >= 0.3 is 5.97 Å². The number of allylic oxidation sites excluding steroid dienone is 3. The Morgan fingerprint density at radius 3 is 2.48 bits per heavy atom. The summed E-state index contributed by atoms with van der Waals surface area (Å²) in [4.78, 5) is 22.5. The summed E-state index contributed by atoms with van der Waals surface area (Å²) in [5, 5.41) is 0.121. The fourth-order valence-electron chi connectivity index (χ4n) is 2.34. The summed E-state index contributed by atoms with van der Waals surface area (Å²) < 4.78 is 5.29. The Morgan fingerprint density at radius 2 is 1.91 bits per heavy atom. The van der Waals surface area contributed by atoms with Crippen LogP contribution in [0.5, 0.6) is 0 Å². The van der Waals surface area contributed by atoms with E-state index in [1.807, 2.05) is 33.8 Å². The van der Waals surface area contributed by atoms with Crippen molar-refractivity contribution in [3.8, 4) is 0 Å². The molecule has 0 aliphatic heterocycles. The SMILES string of the molecule is CCSC(=O)/C=C(C)/C=C/CC(C)CCCC(C)(C)OC(C)=O. The minimum atomic E-state index is -0.377. The van der Waals surface area contributed by atoms with Gasteiger partial charge in [0.25, 0.3) is 0 Å². The number of hydrogen-bond acceptors (Lipinski definition) is 4. The van der Waals surface area contributed by atoms with Gasteiger partial charge in [0.05, 0.1) is 0 Å². The van der Waals surface area contributed by atoms with Crippen molar-refractivity contribution in [3.05, 3.63) is 23.8 Å². The molecule has 1 unspecified atom stereocenters. The van der Waals surface area contributed by atoms with Crippen molar-refractivity contribution in [2.75, 3.05) is 5.75 Å². The monoisotopic (exact) mass is 340 g/mol. The molecular formula is C19H32O3S. The van der Waals surface area contributed by atoms with Gasteiger partial charge in [0.15, 0.2) is 0 Å². The van der Waals surface area contributed by atoms with Gasteiger partial charge in [0.1, 0.15) is 5.60 Å². The molecule has 0 aromatic rings. The third kappa shape index (κ3) is 13.1. The first-order valence-electron chi connectivity index (χ1n) is 8.37. The van der Waals surface area contributed by atoms with E-state index in [2.05, 4.69) is 13.0 Å². The summed E-state index contributed by atoms with van der Waals surface area (Å²) >= 11 is 1.33. The van der Waals surface area contributed by atoms with E-state index in [1.165, 1.54) is 18.7 Å². The summed E-state index contributed by atoms with van der Waals surface area (Å²) in [5.41, 5.74) is 0.622. The van der Waals surface area contributed by atoms with Gasteiger partial charge in [-0.15, -0.1) is 0 Å². The van der Waals surface area contributed by atoms with Gasteiger partial charge in [0, 0.05) is 6.92 Å². The Balaban J connectivity index is 4.07. The Labute approximate surface area is 145 Å². The van der Waals surface area contributed by atoms with Crippen molar-refractivity contribution < 1.29 is 14.3 Å². The van der Waals surface area contributed by atoms with Gasteiger partial charge in [-0.25, -0.2) is 0 Å². The Bertz CT molecular complexity index is 436. The average molecular weight is 341 g/mol. The minimum Gasteiger partial charge on any atom is -0.460 e. The summed E-state index contributed by atoms with van der Waals surface area (Å²) in [6, 6.07) is 0. The van der Waals surface area contributed by atoms with Crippen LogP contribution in [0.2, 0.25) is 0 Å². The van der Waals surface area contributed by atoms with E-state index >= 15 is 0 Å². The second-order valence-corrected chi connectivity index (χ2v) is 7.90. The van der Waals surface area contributed by atoms with Gasteiger partial charge in [-0.05, 0) is 63.4 Å². The quantitative estimate of drug-likeness (QED) is 0.307. The van der Waals surface area contributed by atoms with Gasteiger partial charge in [-0.2, -0.15) is 0 Å². The normalized spacial score (nSPS) is 14.1. The highest BCUT2D eigenvalue weighted by Gasteiger charge is 2.20. The van der Waals surface area contributed by atoms with Crippen LogP contribution in [0.1, 0.15) is 67.2 Å². The summed E-state index contributed by atoms with van der Waals surface area (Å²) in [6.45, 7) is 11.5. The summed E-state index contributed by atoms with van der Waals surface area (Å²) in [5.74, 6) is 1.17. The molecule has 0 amide bonds. The molecule has 0 N–H and O–H groups in total. The molecule has 0 fully saturated rings. The van der Waals surface area contributed by atoms with E-state index < -0.39 is 0 Å². The lowest BCUT2D eigenvalue weighted by molar-refractivity contribution is -0.154. The number of ether oxygens (including phenoxy) is 1. The van der Waals surface area contributed by atoms with E-state index in [1.54, 1.807) is 6.08 Å². The molecule has 23 heavy (non-hydrogen) atoms. The van der Waals surface area contributed by atoms with Crippen LogP contribution in [0, 0.1) is 5.92 Å². The molecule has 0 aromatic heterocycles. The molecule has 0 heterocycles. The van der Waals surface area contributed by atoms with Crippen LogP contribution in [-0.4, -0.2) is 22.4 Å². The van der Waals surface area contributed by atoms with E-state index in [-0.39, 0.29) is 16.7 Å². The third-order valence-electron chi connectivity index (χ3n) is 3.45. The Hall–Kier alpha value is -1.03. The van der Waals surface area contributed by atoms with E-state index in [0.717, 1.165) is 37.0 Å². The Kier molecular flexibility index (Phi) is 11.0. The van der Waals surface area contributed by atoms with Crippen molar-refractivity contribution in [1.82, 2.24) is 0 Å². The lowest BCUT2D eigenvalue weighted by Crippen LogP contribution is -2.26. The molecule has 4 heteroatoms. The third-order valence-corrected chi connectivity index (χ3v) is 4.14. The zero-order valence-electron chi connectivity index (χ0n) is 15.5. The van der Waals surface area contributed by atoms with E-state index in [4.69, 9.17) is 4.74 Å². The first-order valence-corrected chi connectivity index (χ1v) is 9.36. The standard InChI is InChI=1S/C19H32O3S/c1-7-23-18(21)14-16(3)11-8-10-15(2)12-9-13-19(5,6)22-17(4)20/h8,11,14-15H,7,9-10,12-13H2,1-6H3/b11-8+,16-14+. The molecule has 132 valence electrons. The van der Waals surface area contributed by atoms with Crippen LogP contribution in [0.15, 0.2) is 23.8 Å². The molecule has 0 aliphatic carbocycles. The molecule has 0 radical (unpaired) electrons. The molecular weight excluding hydrogens is 308 g/mol. The maximum absolute atomic E-state index is 11.5. The highest BCUT2D eigenvalue weighted by Crippen LogP contribution is 2.21. The fraction of sp³-hybridized carbons (Fsp3) is 0.684. The number of hydrogen-bond donors (Lipinski definition) is 0. The highest BCUT2D eigenvalue weighted by molar-refractivity contribution is 8.14. The first-order chi connectivity index (χ1) is 10.7. The van der Waals surface area contributed by atoms with Crippen molar-refractivity contribution in [3.63, 3.8) is 0 Å². The van der Waals surface area contributed by atoms with Crippen LogP contribution in [0.3, 0.4) is 0 Å². The molecule has 3 nitrogen and oxygen atoms in total. The van der Waals surface area contributed by atoms with E-state index in [0.29, 0.717) is 5.92 Å². The largest absolute Gasteiger partial charge is 0.460 e. The van der Waals surface area contributed by atoms with Crippen LogP contribution < -0.4 is 0 Å².